The molecule has 1 aromatic heterocycles. The Hall–Kier alpha value is -2.33. The number of methoxy groups -OCH3 is 1. The summed E-state index contributed by atoms with van der Waals surface area (Å²) in [6, 6.07) is 8.66. The molecule has 3 rings (SSSR count). The van der Waals surface area contributed by atoms with Crippen molar-refractivity contribution in [2.75, 3.05) is 7.11 Å². The molecule has 0 bridgehead atoms. The van der Waals surface area contributed by atoms with Gasteiger partial charge < -0.3 is 14.8 Å². The summed E-state index contributed by atoms with van der Waals surface area (Å²) in [5, 5.41) is 4.20. The van der Waals surface area contributed by atoms with E-state index in [-0.39, 0.29) is 6.10 Å². The van der Waals surface area contributed by atoms with Crippen molar-refractivity contribution in [2.24, 2.45) is 0 Å². The standard InChI is InChI=1S/C21H21Cl2N3O3/c1-24-18-9-7-15(11-17(18)22)29-14-5-3-13(4-6-14)25-12-19-16(21(27)28-2)8-10-20(23)26-19/h7-11,13-14,25H,3-6,12H2,2H3. The summed E-state index contributed by atoms with van der Waals surface area (Å²) in [6.07, 6.45) is 3.77. The van der Waals surface area contributed by atoms with Crippen molar-refractivity contribution < 1.29 is 14.3 Å². The van der Waals surface area contributed by atoms with E-state index < -0.39 is 5.97 Å². The minimum absolute atomic E-state index is 0.109. The van der Waals surface area contributed by atoms with Crippen LogP contribution in [0.5, 0.6) is 5.75 Å². The molecular weight excluding hydrogens is 413 g/mol. The van der Waals surface area contributed by atoms with Crippen LogP contribution in [0.1, 0.15) is 41.7 Å². The van der Waals surface area contributed by atoms with Crippen molar-refractivity contribution in [3.63, 3.8) is 0 Å². The molecule has 0 spiro atoms. The van der Waals surface area contributed by atoms with E-state index in [9.17, 15) is 4.79 Å². The lowest BCUT2D eigenvalue weighted by atomic mass is 9.92. The Morgan fingerprint density at radius 2 is 2.00 bits per heavy atom. The molecule has 1 aliphatic rings. The first-order valence-corrected chi connectivity index (χ1v) is 10.1. The molecule has 0 amide bonds. The number of ether oxygens (including phenoxy) is 2. The van der Waals surface area contributed by atoms with Gasteiger partial charge in [0.15, 0.2) is 0 Å². The quantitative estimate of drug-likeness (QED) is 0.384. The number of hydrogen-bond donors (Lipinski definition) is 1. The minimum Gasteiger partial charge on any atom is -0.490 e. The molecule has 1 aromatic carbocycles. The summed E-state index contributed by atoms with van der Waals surface area (Å²) in [5.74, 6) is 0.260. The maximum absolute atomic E-state index is 11.9. The van der Waals surface area contributed by atoms with Gasteiger partial charge in [0.25, 0.3) is 0 Å². The van der Waals surface area contributed by atoms with Crippen molar-refractivity contribution in [3.8, 4) is 5.75 Å². The van der Waals surface area contributed by atoms with Crippen LogP contribution >= 0.6 is 23.2 Å². The monoisotopic (exact) mass is 433 g/mol. The Morgan fingerprint density at radius 1 is 1.24 bits per heavy atom. The molecule has 0 atom stereocenters. The number of nitrogens with one attached hydrogen (secondary N) is 1. The van der Waals surface area contributed by atoms with Crippen LogP contribution in [0.3, 0.4) is 0 Å². The first kappa shape index (κ1) is 21.4. The zero-order chi connectivity index (χ0) is 20.8. The van der Waals surface area contributed by atoms with Crippen LogP contribution in [0.25, 0.3) is 4.85 Å². The maximum atomic E-state index is 11.9. The Morgan fingerprint density at radius 3 is 2.66 bits per heavy atom. The second-order valence-electron chi connectivity index (χ2n) is 6.82. The maximum Gasteiger partial charge on any atom is 0.339 e. The molecular formula is C21H21Cl2N3O3. The number of nitrogens with zero attached hydrogens (tertiary/aromatic N) is 2. The number of aromatic nitrogens is 1. The highest BCUT2D eigenvalue weighted by atomic mass is 35.5. The summed E-state index contributed by atoms with van der Waals surface area (Å²) in [5.41, 5.74) is 1.42. The molecule has 2 aromatic rings. The predicted molar refractivity (Wildman–Crippen MR) is 112 cm³/mol. The number of hydrogen-bond acceptors (Lipinski definition) is 5. The zero-order valence-electron chi connectivity index (χ0n) is 16.0. The van der Waals surface area contributed by atoms with Crippen LogP contribution < -0.4 is 10.1 Å². The van der Waals surface area contributed by atoms with E-state index in [1.54, 1.807) is 30.3 Å². The molecule has 1 aliphatic carbocycles. The third kappa shape index (κ3) is 5.60. The van der Waals surface area contributed by atoms with Crippen molar-refractivity contribution in [2.45, 2.75) is 44.4 Å². The van der Waals surface area contributed by atoms with Gasteiger partial charge in [-0.1, -0.05) is 29.3 Å². The van der Waals surface area contributed by atoms with Crippen molar-refractivity contribution >= 4 is 34.9 Å². The molecule has 0 aliphatic heterocycles. The van der Waals surface area contributed by atoms with Gasteiger partial charge in [-0.2, -0.15) is 0 Å². The lowest BCUT2D eigenvalue weighted by Gasteiger charge is -2.29. The summed E-state index contributed by atoms with van der Waals surface area (Å²) in [6.45, 7) is 7.49. The van der Waals surface area contributed by atoms with E-state index in [0.717, 1.165) is 25.7 Å². The first-order chi connectivity index (χ1) is 14.0. The molecule has 1 heterocycles. The minimum atomic E-state index is -0.425. The SMILES string of the molecule is [C-]#[N+]c1ccc(OC2CCC(NCc3nc(Cl)ccc3C(=O)OC)CC2)cc1Cl. The van der Waals surface area contributed by atoms with Crippen molar-refractivity contribution in [1.82, 2.24) is 10.3 Å². The number of esters is 1. The van der Waals surface area contributed by atoms with E-state index in [2.05, 4.69) is 15.1 Å². The molecule has 1 saturated carbocycles. The average molecular weight is 434 g/mol. The summed E-state index contributed by atoms with van der Waals surface area (Å²) < 4.78 is 10.8. The highest BCUT2D eigenvalue weighted by molar-refractivity contribution is 6.33. The lowest BCUT2D eigenvalue weighted by molar-refractivity contribution is 0.0598. The number of pyridine rings is 1. The Bertz CT molecular complexity index is 922. The predicted octanol–water partition coefficient (Wildman–Crippen LogP) is 5.21. The number of rotatable bonds is 6. The van der Waals surface area contributed by atoms with E-state index in [1.165, 1.54) is 7.11 Å². The lowest BCUT2D eigenvalue weighted by Crippen LogP contribution is -2.36. The summed E-state index contributed by atoms with van der Waals surface area (Å²) in [4.78, 5) is 19.5. The van der Waals surface area contributed by atoms with E-state index in [0.29, 0.717) is 45.5 Å². The third-order valence-electron chi connectivity index (χ3n) is 4.92. The Balaban J connectivity index is 1.52. The molecule has 0 saturated heterocycles. The normalized spacial score (nSPS) is 18.7. The molecule has 1 N–H and O–H groups in total. The second-order valence-corrected chi connectivity index (χ2v) is 7.61. The van der Waals surface area contributed by atoms with Gasteiger partial charge in [-0.05, 0) is 49.9 Å². The molecule has 1 fully saturated rings. The average Bonchev–Trinajstić information content (AvgIpc) is 2.73. The number of halogens is 2. The van der Waals surface area contributed by atoms with Crippen LogP contribution in [0, 0.1) is 6.57 Å². The van der Waals surface area contributed by atoms with Crippen LogP contribution in [-0.4, -0.2) is 30.2 Å². The topological polar surface area (TPSA) is 64.8 Å². The first-order valence-electron chi connectivity index (χ1n) is 9.31. The van der Waals surface area contributed by atoms with Crippen LogP contribution in [0.4, 0.5) is 5.69 Å². The fraction of sp³-hybridized carbons (Fsp3) is 0.381. The fourth-order valence-corrected chi connectivity index (χ4v) is 3.75. The van der Waals surface area contributed by atoms with Gasteiger partial charge in [0.1, 0.15) is 10.9 Å². The highest BCUT2D eigenvalue weighted by Gasteiger charge is 2.23. The molecule has 152 valence electrons. The van der Waals surface area contributed by atoms with Crippen LogP contribution in [0.2, 0.25) is 10.2 Å². The van der Waals surface area contributed by atoms with Gasteiger partial charge in [-0.15, -0.1) is 0 Å². The Labute approximate surface area is 179 Å². The summed E-state index contributed by atoms with van der Waals surface area (Å²) >= 11 is 12.1. The number of carbonyl (C=O) groups excluding carboxylic acids is 1. The molecule has 0 unspecified atom stereocenters. The molecule has 6 nitrogen and oxygen atoms in total. The largest absolute Gasteiger partial charge is 0.490 e. The van der Waals surface area contributed by atoms with Gasteiger partial charge in [0.2, 0.25) is 5.69 Å². The van der Waals surface area contributed by atoms with Gasteiger partial charge in [0, 0.05) is 12.6 Å². The number of benzene rings is 1. The van der Waals surface area contributed by atoms with Gasteiger partial charge in [-0.3, -0.25) is 0 Å². The van der Waals surface area contributed by atoms with Crippen LogP contribution in [-0.2, 0) is 11.3 Å². The van der Waals surface area contributed by atoms with Crippen molar-refractivity contribution in [3.05, 3.63) is 63.2 Å². The second kappa shape index (κ2) is 9.93. The summed E-state index contributed by atoms with van der Waals surface area (Å²) in [7, 11) is 1.35. The van der Waals surface area contributed by atoms with Gasteiger partial charge in [-0.25, -0.2) is 14.6 Å². The van der Waals surface area contributed by atoms with E-state index >= 15 is 0 Å². The van der Waals surface area contributed by atoms with Gasteiger partial charge in [0.05, 0.1) is 36.1 Å². The Kier molecular flexibility index (Phi) is 7.32. The molecule has 0 radical (unpaired) electrons. The zero-order valence-corrected chi connectivity index (χ0v) is 17.5. The van der Waals surface area contributed by atoms with Gasteiger partial charge >= 0.3 is 5.97 Å². The fourth-order valence-electron chi connectivity index (χ4n) is 3.38. The molecule has 8 heteroatoms. The highest BCUT2D eigenvalue weighted by Crippen LogP contribution is 2.31. The van der Waals surface area contributed by atoms with Crippen molar-refractivity contribution in [1.29, 1.82) is 0 Å². The van der Waals surface area contributed by atoms with E-state index in [1.807, 2.05) is 0 Å². The van der Waals surface area contributed by atoms with E-state index in [4.69, 9.17) is 39.2 Å². The molecule has 29 heavy (non-hydrogen) atoms. The number of carbonyl (C=O) groups is 1. The van der Waals surface area contributed by atoms with Crippen LogP contribution in [0.15, 0.2) is 30.3 Å². The smallest absolute Gasteiger partial charge is 0.339 e. The third-order valence-corrected chi connectivity index (χ3v) is 5.43.